The molecule has 0 aromatic heterocycles. The van der Waals surface area contributed by atoms with Gasteiger partial charge in [0, 0.05) is 19.6 Å². The SMILES string of the molecule is C#CCN1CCN(C(=O)OC(C)(C)C)C(C(=O)OC)C1. The molecule has 1 aliphatic rings. The first-order valence-electron chi connectivity index (χ1n) is 6.51. The molecule has 0 aromatic carbocycles. The van der Waals surface area contributed by atoms with Crippen LogP contribution in [0.1, 0.15) is 20.8 Å². The van der Waals surface area contributed by atoms with E-state index < -0.39 is 23.7 Å². The third-order valence-electron chi connectivity index (χ3n) is 2.88. The number of ether oxygens (including phenoxy) is 2. The van der Waals surface area contributed by atoms with Crippen molar-refractivity contribution in [2.24, 2.45) is 0 Å². The minimum atomic E-state index is -0.683. The lowest BCUT2D eigenvalue weighted by Gasteiger charge is -2.39. The number of hydrogen-bond donors (Lipinski definition) is 0. The van der Waals surface area contributed by atoms with Crippen LogP contribution in [0.25, 0.3) is 0 Å². The normalized spacial score (nSPS) is 20.1. The first-order chi connectivity index (χ1) is 9.28. The van der Waals surface area contributed by atoms with E-state index in [1.165, 1.54) is 12.0 Å². The maximum absolute atomic E-state index is 12.1. The second kappa shape index (κ2) is 6.62. The number of nitrogens with zero attached hydrogens (tertiary/aromatic N) is 2. The van der Waals surface area contributed by atoms with Gasteiger partial charge in [-0.2, -0.15) is 0 Å². The van der Waals surface area contributed by atoms with E-state index in [1.807, 2.05) is 4.90 Å². The van der Waals surface area contributed by atoms with Crippen molar-refractivity contribution in [3.8, 4) is 12.3 Å². The molecule has 0 spiro atoms. The molecule has 6 heteroatoms. The lowest BCUT2D eigenvalue weighted by Crippen LogP contribution is -2.59. The van der Waals surface area contributed by atoms with Crippen LogP contribution in [0.5, 0.6) is 0 Å². The lowest BCUT2D eigenvalue weighted by atomic mass is 10.1. The minimum absolute atomic E-state index is 0.357. The van der Waals surface area contributed by atoms with Crippen molar-refractivity contribution in [1.29, 1.82) is 0 Å². The minimum Gasteiger partial charge on any atom is -0.467 e. The molecule has 1 saturated heterocycles. The fourth-order valence-electron chi connectivity index (χ4n) is 1.99. The van der Waals surface area contributed by atoms with Crippen LogP contribution in [-0.2, 0) is 14.3 Å². The highest BCUT2D eigenvalue weighted by atomic mass is 16.6. The van der Waals surface area contributed by atoms with Crippen LogP contribution in [0.2, 0.25) is 0 Å². The van der Waals surface area contributed by atoms with Gasteiger partial charge in [0.05, 0.1) is 13.7 Å². The third-order valence-corrected chi connectivity index (χ3v) is 2.88. The highest BCUT2D eigenvalue weighted by Gasteiger charge is 2.37. The van der Waals surface area contributed by atoms with Crippen LogP contribution >= 0.6 is 0 Å². The highest BCUT2D eigenvalue weighted by molar-refractivity contribution is 5.82. The van der Waals surface area contributed by atoms with Gasteiger partial charge in [0.2, 0.25) is 0 Å². The molecule has 0 aliphatic carbocycles. The Morgan fingerprint density at radius 2 is 2.00 bits per heavy atom. The summed E-state index contributed by atoms with van der Waals surface area (Å²) in [6.07, 6.45) is 4.77. The Bertz CT molecular complexity index is 408. The molecule has 1 heterocycles. The first-order valence-corrected chi connectivity index (χ1v) is 6.51. The van der Waals surface area contributed by atoms with Gasteiger partial charge in [-0.25, -0.2) is 9.59 Å². The second-order valence-electron chi connectivity index (χ2n) is 5.65. The largest absolute Gasteiger partial charge is 0.467 e. The zero-order valence-electron chi connectivity index (χ0n) is 12.5. The highest BCUT2D eigenvalue weighted by Crippen LogP contribution is 2.16. The number of hydrogen-bond acceptors (Lipinski definition) is 5. The van der Waals surface area contributed by atoms with Crippen molar-refractivity contribution < 1.29 is 19.1 Å². The number of rotatable bonds is 2. The molecule has 0 aromatic rings. The number of carbonyl (C=O) groups excluding carboxylic acids is 2. The number of piperazine rings is 1. The molecular formula is C14H22N2O4. The molecule has 1 rings (SSSR count). The summed E-state index contributed by atoms with van der Waals surface area (Å²) in [5.41, 5.74) is -0.603. The summed E-state index contributed by atoms with van der Waals surface area (Å²) < 4.78 is 10.1. The standard InChI is InChI=1S/C14H22N2O4/c1-6-7-15-8-9-16(11(10-15)12(17)19-5)13(18)20-14(2,3)4/h1,11H,7-10H2,2-5H3. The molecule has 6 nitrogen and oxygen atoms in total. The molecule has 1 atom stereocenters. The fraction of sp³-hybridized carbons (Fsp3) is 0.714. The molecule has 1 amide bonds. The summed E-state index contributed by atoms with van der Waals surface area (Å²) in [5, 5.41) is 0. The Labute approximate surface area is 120 Å². The molecule has 0 N–H and O–H groups in total. The van der Waals surface area contributed by atoms with Gasteiger partial charge in [0.25, 0.3) is 0 Å². The molecular weight excluding hydrogens is 260 g/mol. The van der Waals surface area contributed by atoms with Gasteiger partial charge in [0.15, 0.2) is 0 Å². The van der Waals surface area contributed by atoms with E-state index in [2.05, 4.69) is 5.92 Å². The van der Waals surface area contributed by atoms with Crippen molar-refractivity contribution in [3.63, 3.8) is 0 Å². The number of esters is 1. The van der Waals surface area contributed by atoms with Crippen LogP contribution in [0.15, 0.2) is 0 Å². The van der Waals surface area contributed by atoms with Crippen LogP contribution in [-0.4, -0.2) is 66.8 Å². The van der Waals surface area contributed by atoms with E-state index in [1.54, 1.807) is 20.8 Å². The molecule has 0 radical (unpaired) electrons. The maximum atomic E-state index is 12.1. The van der Waals surface area contributed by atoms with E-state index in [-0.39, 0.29) is 0 Å². The van der Waals surface area contributed by atoms with Crippen LogP contribution in [0, 0.1) is 12.3 Å². The molecule has 1 unspecified atom stereocenters. The van der Waals surface area contributed by atoms with Gasteiger partial charge in [0.1, 0.15) is 11.6 Å². The number of terminal acetylenes is 1. The first kappa shape index (κ1) is 16.3. The zero-order valence-corrected chi connectivity index (χ0v) is 12.5. The average molecular weight is 282 g/mol. The summed E-state index contributed by atoms with van der Waals surface area (Å²) in [6.45, 7) is 7.14. The molecule has 1 fully saturated rings. The second-order valence-corrected chi connectivity index (χ2v) is 5.65. The number of methoxy groups -OCH3 is 1. The van der Waals surface area contributed by atoms with Gasteiger partial charge in [-0.3, -0.25) is 9.80 Å². The molecule has 0 bridgehead atoms. The van der Waals surface area contributed by atoms with E-state index >= 15 is 0 Å². The van der Waals surface area contributed by atoms with E-state index in [9.17, 15) is 9.59 Å². The number of carbonyl (C=O) groups is 2. The Morgan fingerprint density at radius 3 is 2.50 bits per heavy atom. The molecule has 112 valence electrons. The summed E-state index contributed by atoms with van der Waals surface area (Å²) in [6, 6.07) is -0.683. The summed E-state index contributed by atoms with van der Waals surface area (Å²) in [7, 11) is 1.30. The molecule has 0 saturated carbocycles. The fourth-order valence-corrected chi connectivity index (χ4v) is 1.99. The maximum Gasteiger partial charge on any atom is 0.411 e. The number of amides is 1. The smallest absolute Gasteiger partial charge is 0.411 e. The van der Waals surface area contributed by atoms with Crippen molar-refractivity contribution in [2.45, 2.75) is 32.4 Å². The zero-order chi connectivity index (χ0) is 15.3. The summed E-state index contributed by atoms with van der Waals surface area (Å²) in [4.78, 5) is 27.3. The molecule has 1 aliphatic heterocycles. The topological polar surface area (TPSA) is 59.1 Å². The van der Waals surface area contributed by atoms with Crippen LogP contribution in [0.3, 0.4) is 0 Å². The third kappa shape index (κ3) is 4.42. The predicted molar refractivity (Wildman–Crippen MR) is 74.0 cm³/mol. The summed E-state index contributed by atoms with van der Waals surface area (Å²) >= 11 is 0. The van der Waals surface area contributed by atoms with Crippen molar-refractivity contribution in [1.82, 2.24) is 9.80 Å². The van der Waals surface area contributed by atoms with Gasteiger partial charge < -0.3 is 9.47 Å². The Kier molecular flexibility index (Phi) is 5.40. The van der Waals surface area contributed by atoms with Crippen LogP contribution in [0.4, 0.5) is 4.79 Å². The van der Waals surface area contributed by atoms with Gasteiger partial charge in [-0.15, -0.1) is 6.42 Å². The van der Waals surface area contributed by atoms with E-state index in [4.69, 9.17) is 15.9 Å². The van der Waals surface area contributed by atoms with Crippen molar-refractivity contribution >= 4 is 12.1 Å². The Balaban J connectivity index is 2.80. The van der Waals surface area contributed by atoms with Gasteiger partial charge >= 0.3 is 12.1 Å². The quantitative estimate of drug-likeness (QED) is 0.551. The lowest BCUT2D eigenvalue weighted by molar-refractivity contribution is -0.149. The monoisotopic (exact) mass is 282 g/mol. The van der Waals surface area contributed by atoms with E-state index in [0.717, 1.165) is 0 Å². The summed E-state index contributed by atoms with van der Waals surface area (Å²) in [5.74, 6) is 2.08. The Hall–Kier alpha value is -1.74. The average Bonchev–Trinajstić information content (AvgIpc) is 2.36. The van der Waals surface area contributed by atoms with Gasteiger partial charge in [-0.1, -0.05) is 5.92 Å². The van der Waals surface area contributed by atoms with Crippen LogP contribution < -0.4 is 0 Å². The van der Waals surface area contributed by atoms with Crippen molar-refractivity contribution in [2.75, 3.05) is 33.3 Å². The predicted octanol–water partition coefficient (Wildman–Crippen LogP) is 0.714. The van der Waals surface area contributed by atoms with Gasteiger partial charge in [-0.05, 0) is 20.8 Å². The molecule has 20 heavy (non-hydrogen) atoms. The Morgan fingerprint density at radius 1 is 1.35 bits per heavy atom. The van der Waals surface area contributed by atoms with E-state index in [0.29, 0.717) is 26.2 Å². The van der Waals surface area contributed by atoms with Crippen molar-refractivity contribution in [3.05, 3.63) is 0 Å².